The van der Waals surface area contributed by atoms with Crippen LogP contribution in [0.25, 0.3) is 0 Å². The molecule has 0 aromatic heterocycles. The van der Waals surface area contributed by atoms with Gasteiger partial charge in [-0.15, -0.1) is 0 Å². The number of carbonyl (C=O) groups is 1. The summed E-state index contributed by atoms with van der Waals surface area (Å²) in [6.07, 6.45) is 11.8. The van der Waals surface area contributed by atoms with Crippen molar-refractivity contribution in [1.29, 1.82) is 0 Å². The van der Waals surface area contributed by atoms with Crippen molar-refractivity contribution in [3.05, 3.63) is 12.2 Å². The molecular weight excluding hydrogens is 313 g/mol. The average Bonchev–Trinajstić information content (AvgIpc) is 2.40. The van der Waals surface area contributed by atoms with E-state index in [1.54, 1.807) is 7.05 Å². The van der Waals surface area contributed by atoms with Gasteiger partial charge in [-0.2, -0.15) is 0 Å². The van der Waals surface area contributed by atoms with Crippen molar-refractivity contribution in [2.24, 2.45) is 0 Å². The molecule has 0 saturated heterocycles. The Bertz CT molecular complexity index is 410. The van der Waals surface area contributed by atoms with Crippen molar-refractivity contribution < 1.29 is 47.3 Å². The summed E-state index contributed by atoms with van der Waals surface area (Å²) in [5.41, 5.74) is 0. The molecule has 0 saturated carbocycles. The van der Waals surface area contributed by atoms with Crippen molar-refractivity contribution in [3.63, 3.8) is 0 Å². The second-order valence-electron chi connectivity index (χ2n) is 5.33. The molecule has 0 aliphatic carbocycles. The van der Waals surface area contributed by atoms with E-state index >= 15 is 0 Å². The quantitative estimate of drug-likeness (QED) is 0.211. The first-order valence-corrected chi connectivity index (χ1v) is 9.29. The Balaban J connectivity index is 0. The van der Waals surface area contributed by atoms with E-state index in [1.807, 2.05) is 6.08 Å². The summed E-state index contributed by atoms with van der Waals surface area (Å²) in [4.78, 5) is 13.1. The number of carbonyl (C=O) groups excluding carboxylic acids is 1. The number of unbranched alkanes of at least 4 members (excludes halogenated alkanes) is 6. The largest absolute Gasteiger partial charge is 1.00 e. The van der Waals surface area contributed by atoms with E-state index in [1.165, 1.54) is 43.1 Å². The Hall–Kier alpha value is 0.120. The van der Waals surface area contributed by atoms with Crippen LogP contribution in [0.4, 0.5) is 0 Å². The van der Waals surface area contributed by atoms with E-state index in [0.29, 0.717) is 0 Å². The molecule has 0 aromatic rings. The number of hydrogen-bond donors (Lipinski definition) is 0. The Morgan fingerprint density at radius 3 is 2.27 bits per heavy atom. The van der Waals surface area contributed by atoms with E-state index in [-0.39, 0.29) is 48.4 Å². The molecule has 0 fully saturated rings. The van der Waals surface area contributed by atoms with Crippen LogP contribution in [0.5, 0.6) is 0 Å². The minimum Gasteiger partial charge on any atom is -0.748 e. The molecular formula is C15H28NNaO4S. The Kier molecular flexibility index (Phi) is 16.3. The van der Waals surface area contributed by atoms with Crippen LogP contribution in [-0.4, -0.2) is 43.1 Å². The number of nitrogens with zero attached hydrogens (tertiary/aromatic N) is 1. The maximum Gasteiger partial charge on any atom is 1.00 e. The van der Waals surface area contributed by atoms with Crippen LogP contribution >= 0.6 is 0 Å². The molecule has 124 valence electrons. The van der Waals surface area contributed by atoms with Crippen molar-refractivity contribution in [2.45, 2.75) is 58.3 Å². The van der Waals surface area contributed by atoms with Crippen LogP contribution < -0.4 is 29.6 Å². The van der Waals surface area contributed by atoms with Crippen LogP contribution in [0.2, 0.25) is 0 Å². The molecule has 0 spiro atoms. The Morgan fingerprint density at radius 1 is 1.09 bits per heavy atom. The van der Waals surface area contributed by atoms with E-state index in [0.717, 1.165) is 12.8 Å². The summed E-state index contributed by atoms with van der Waals surface area (Å²) in [5.74, 6) is -0.573. The normalized spacial score (nSPS) is 11.4. The first kappa shape index (κ1) is 24.4. The fourth-order valence-corrected chi connectivity index (χ4v) is 2.43. The number of allylic oxidation sites excluding steroid dienone is 1. The van der Waals surface area contributed by atoms with Crippen LogP contribution in [0.3, 0.4) is 0 Å². The number of amides is 1. The zero-order chi connectivity index (χ0) is 16.1. The summed E-state index contributed by atoms with van der Waals surface area (Å²) >= 11 is 0. The van der Waals surface area contributed by atoms with Gasteiger partial charge in [-0.1, -0.05) is 45.1 Å². The van der Waals surface area contributed by atoms with Gasteiger partial charge in [0.05, 0.1) is 10.1 Å². The number of rotatable bonds is 12. The molecule has 0 bridgehead atoms. The molecule has 0 rings (SSSR count). The zero-order valence-electron chi connectivity index (χ0n) is 14.2. The predicted octanol–water partition coefficient (Wildman–Crippen LogP) is -0.309. The Labute approximate surface area is 157 Å². The summed E-state index contributed by atoms with van der Waals surface area (Å²) in [6.45, 7) is 2.47. The van der Waals surface area contributed by atoms with Crippen LogP contribution in [0, 0.1) is 0 Å². The van der Waals surface area contributed by atoms with Crippen molar-refractivity contribution >= 4 is 16.0 Å². The molecule has 22 heavy (non-hydrogen) atoms. The summed E-state index contributed by atoms with van der Waals surface area (Å²) in [7, 11) is -2.58. The third-order valence-electron chi connectivity index (χ3n) is 3.25. The van der Waals surface area contributed by atoms with E-state index < -0.39 is 15.9 Å². The topological polar surface area (TPSA) is 77.5 Å². The standard InChI is InChI=1S/C15H29NO4S.Na/c1-3-4-5-6-7-8-9-10-12-15(17)16(2)13-11-14-21(18,19)20;/h10,12H,3-9,11,13-14H2,1-2H3,(H,18,19,20);/q;+1/p-1/b12-10+;. The van der Waals surface area contributed by atoms with E-state index in [4.69, 9.17) is 0 Å². The van der Waals surface area contributed by atoms with Gasteiger partial charge in [-0.05, 0) is 25.3 Å². The minimum atomic E-state index is -4.19. The molecule has 0 aliphatic heterocycles. The maximum atomic E-state index is 11.7. The molecule has 0 N–H and O–H groups in total. The second-order valence-corrected chi connectivity index (χ2v) is 6.86. The first-order chi connectivity index (χ1) is 9.87. The van der Waals surface area contributed by atoms with Gasteiger partial charge in [-0.25, -0.2) is 8.42 Å². The molecule has 0 aliphatic rings. The molecule has 5 nitrogen and oxygen atoms in total. The van der Waals surface area contributed by atoms with Crippen molar-refractivity contribution in [3.8, 4) is 0 Å². The molecule has 0 radical (unpaired) electrons. The van der Waals surface area contributed by atoms with Gasteiger partial charge in [0.15, 0.2) is 0 Å². The maximum absolute atomic E-state index is 11.7. The van der Waals surface area contributed by atoms with Gasteiger partial charge in [0.25, 0.3) is 0 Å². The molecule has 7 heteroatoms. The third kappa shape index (κ3) is 16.5. The molecule has 0 heterocycles. The van der Waals surface area contributed by atoms with Crippen LogP contribution in [0.15, 0.2) is 12.2 Å². The monoisotopic (exact) mass is 341 g/mol. The Morgan fingerprint density at radius 2 is 1.68 bits per heavy atom. The summed E-state index contributed by atoms with van der Waals surface area (Å²) in [5, 5.41) is 0. The fourth-order valence-electron chi connectivity index (χ4n) is 1.94. The molecule has 0 atom stereocenters. The van der Waals surface area contributed by atoms with Crippen molar-refractivity contribution in [1.82, 2.24) is 4.90 Å². The number of likely N-dealkylation sites (N-methyl/N-ethyl adjacent to an activating group) is 1. The smallest absolute Gasteiger partial charge is 0.748 e. The van der Waals surface area contributed by atoms with Crippen LogP contribution in [0.1, 0.15) is 58.3 Å². The molecule has 0 unspecified atom stereocenters. The van der Waals surface area contributed by atoms with Gasteiger partial charge < -0.3 is 9.45 Å². The van der Waals surface area contributed by atoms with Crippen LogP contribution in [-0.2, 0) is 14.9 Å². The third-order valence-corrected chi connectivity index (χ3v) is 4.04. The predicted molar refractivity (Wildman–Crippen MR) is 84.0 cm³/mol. The van der Waals surface area contributed by atoms with E-state index in [9.17, 15) is 17.8 Å². The molecule has 1 amide bonds. The average molecular weight is 341 g/mol. The minimum absolute atomic E-state index is 0. The number of hydrogen-bond acceptors (Lipinski definition) is 4. The van der Waals surface area contributed by atoms with Gasteiger partial charge in [-0.3, -0.25) is 4.79 Å². The van der Waals surface area contributed by atoms with Gasteiger partial charge in [0.1, 0.15) is 0 Å². The fraction of sp³-hybridized carbons (Fsp3) is 0.800. The molecule has 0 aromatic carbocycles. The zero-order valence-corrected chi connectivity index (χ0v) is 17.0. The van der Waals surface area contributed by atoms with Gasteiger partial charge in [0, 0.05) is 19.3 Å². The van der Waals surface area contributed by atoms with Crippen molar-refractivity contribution in [2.75, 3.05) is 19.3 Å². The van der Waals surface area contributed by atoms with Gasteiger partial charge in [0.2, 0.25) is 5.91 Å². The summed E-state index contributed by atoms with van der Waals surface area (Å²) in [6, 6.07) is 0. The van der Waals surface area contributed by atoms with Gasteiger partial charge >= 0.3 is 29.6 Å². The first-order valence-electron chi connectivity index (χ1n) is 7.72. The SMILES string of the molecule is CCCCCCCC/C=C/C(=O)N(C)CCCS(=O)(=O)[O-].[Na+]. The van der Waals surface area contributed by atoms with E-state index in [2.05, 4.69) is 6.92 Å². The summed E-state index contributed by atoms with van der Waals surface area (Å²) < 4.78 is 31.3. The second kappa shape index (κ2) is 14.7.